The van der Waals surface area contributed by atoms with E-state index in [2.05, 4.69) is 26.2 Å². The summed E-state index contributed by atoms with van der Waals surface area (Å²) in [6.45, 7) is 0.835. The molecule has 0 unspecified atom stereocenters. The largest absolute Gasteiger partial charge is 0.441 e. The summed E-state index contributed by atoms with van der Waals surface area (Å²) >= 11 is 3.25. The molecule has 1 rings (SSSR count). The number of pyridine rings is 1. The maximum absolute atomic E-state index is 11.8. The fraction of sp³-hybridized carbons (Fsp3) is 0.444. The Morgan fingerprint density at radius 2 is 2.12 bits per heavy atom. The number of rotatable bonds is 5. The molecule has 0 atom stereocenters. The molecule has 0 saturated carbocycles. The predicted molar refractivity (Wildman–Crippen MR) is 62.2 cm³/mol. The molecule has 0 fully saturated rings. The minimum absolute atomic E-state index is 0.0155. The van der Waals surface area contributed by atoms with Gasteiger partial charge in [-0.2, -0.15) is 13.2 Å². The number of nitrogens with one attached hydrogen (secondary N) is 1. The maximum atomic E-state index is 11.8. The molecule has 0 bridgehead atoms. The number of thioether (sulfide) groups is 1. The molecule has 7 heteroatoms. The quantitative estimate of drug-likeness (QED) is 0.845. The fourth-order valence-electron chi connectivity index (χ4n) is 1.02. The molecule has 2 nitrogen and oxygen atoms in total. The molecule has 1 aromatic heterocycles. The van der Waals surface area contributed by atoms with E-state index in [9.17, 15) is 13.2 Å². The van der Waals surface area contributed by atoms with Gasteiger partial charge in [0.15, 0.2) is 0 Å². The lowest BCUT2D eigenvalue weighted by Gasteiger charge is -2.06. The Morgan fingerprint density at radius 3 is 2.75 bits per heavy atom. The van der Waals surface area contributed by atoms with Crippen LogP contribution in [-0.4, -0.2) is 22.8 Å². The van der Waals surface area contributed by atoms with Crippen LogP contribution in [0.2, 0.25) is 0 Å². The highest BCUT2D eigenvalue weighted by Crippen LogP contribution is 2.29. The molecule has 0 aromatic carbocycles. The molecular formula is C9H10BrF3N2S. The summed E-state index contributed by atoms with van der Waals surface area (Å²) in [6.07, 6.45) is 3.33. The molecule has 0 aliphatic rings. The fourth-order valence-corrected chi connectivity index (χ4v) is 1.91. The average Bonchev–Trinajstić information content (AvgIpc) is 2.15. The molecular weight excluding hydrogens is 305 g/mol. The molecule has 0 radical (unpaired) electrons. The lowest BCUT2D eigenvalue weighted by molar-refractivity contribution is -0.0327. The van der Waals surface area contributed by atoms with Gasteiger partial charge in [0, 0.05) is 35.7 Å². The third kappa shape index (κ3) is 6.34. The molecule has 0 aliphatic carbocycles. The van der Waals surface area contributed by atoms with Crippen molar-refractivity contribution >= 4 is 27.7 Å². The number of alkyl halides is 3. The zero-order valence-corrected chi connectivity index (χ0v) is 10.6. The highest BCUT2D eigenvalue weighted by molar-refractivity contribution is 9.10. The molecule has 1 N–H and O–H groups in total. The first-order valence-corrected chi connectivity index (χ1v) is 6.26. The number of aromatic nitrogens is 1. The summed E-state index contributed by atoms with van der Waals surface area (Å²) in [7, 11) is 0. The second-order valence-corrected chi connectivity index (χ2v) is 5.06. The van der Waals surface area contributed by atoms with Gasteiger partial charge in [0.1, 0.15) is 0 Å². The zero-order valence-electron chi connectivity index (χ0n) is 8.22. The van der Waals surface area contributed by atoms with Gasteiger partial charge in [0.25, 0.3) is 0 Å². The number of halogens is 4. The first kappa shape index (κ1) is 13.8. The smallest absolute Gasteiger partial charge is 0.312 e. The van der Waals surface area contributed by atoms with E-state index in [0.29, 0.717) is 13.1 Å². The van der Waals surface area contributed by atoms with Gasteiger partial charge in [-0.25, -0.2) is 0 Å². The van der Waals surface area contributed by atoms with Gasteiger partial charge in [-0.05, 0) is 39.3 Å². The van der Waals surface area contributed by atoms with Crippen LogP contribution in [0.1, 0.15) is 5.56 Å². The van der Waals surface area contributed by atoms with E-state index in [1.54, 1.807) is 12.4 Å². The van der Waals surface area contributed by atoms with E-state index < -0.39 is 5.51 Å². The Hall–Kier alpha value is -0.270. The van der Waals surface area contributed by atoms with Gasteiger partial charge >= 0.3 is 5.51 Å². The maximum Gasteiger partial charge on any atom is 0.441 e. The van der Waals surface area contributed by atoms with Crippen molar-refractivity contribution in [3.63, 3.8) is 0 Å². The van der Waals surface area contributed by atoms with Gasteiger partial charge in [-0.15, -0.1) is 0 Å². The summed E-state index contributed by atoms with van der Waals surface area (Å²) in [5.41, 5.74) is -3.20. The average molecular weight is 315 g/mol. The Bertz CT molecular complexity index is 333. The Labute approximate surface area is 104 Å². The van der Waals surface area contributed by atoms with Crippen LogP contribution in [0.25, 0.3) is 0 Å². The predicted octanol–water partition coefficient (Wildman–Crippen LogP) is 3.19. The van der Waals surface area contributed by atoms with Crippen molar-refractivity contribution in [3.05, 3.63) is 28.5 Å². The van der Waals surface area contributed by atoms with E-state index in [4.69, 9.17) is 0 Å². The molecule has 0 saturated heterocycles. The zero-order chi connectivity index (χ0) is 12.0. The highest BCUT2D eigenvalue weighted by Gasteiger charge is 2.27. The Morgan fingerprint density at radius 1 is 1.38 bits per heavy atom. The van der Waals surface area contributed by atoms with Crippen molar-refractivity contribution < 1.29 is 13.2 Å². The molecule has 90 valence electrons. The first-order valence-electron chi connectivity index (χ1n) is 4.48. The van der Waals surface area contributed by atoms with Crippen LogP contribution >= 0.6 is 27.7 Å². The second-order valence-electron chi connectivity index (χ2n) is 2.98. The minimum Gasteiger partial charge on any atom is -0.312 e. The van der Waals surface area contributed by atoms with Gasteiger partial charge in [0.2, 0.25) is 0 Å². The van der Waals surface area contributed by atoms with Crippen molar-refractivity contribution in [1.82, 2.24) is 10.3 Å². The van der Waals surface area contributed by atoms with E-state index >= 15 is 0 Å². The standard InChI is InChI=1S/C9H10BrF3N2S/c10-8-3-7(5-15-6-8)4-14-1-2-16-9(11,12)13/h3,5-6,14H,1-2,4H2. The van der Waals surface area contributed by atoms with Crippen molar-refractivity contribution in [2.75, 3.05) is 12.3 Å². The minimum atomic E-state index is -4.14. The van der Waals surface area contributed by atoms with Gasteiger partial charge < -0.3 is 5.32 Å². The third-order valence-corrected chi connectivity index (χ3v) is 2.80. The third-order valence-electron chi connectivity index (χ3n) is 1.64. The SMILES string of the molecule is FC(F)(F)SCCNCc1cncc(Br)c1. The molecule has 0 amide bonds. The van der Waals surface area contributed by atoms with E-state index in [-0.39, 0.29) is 17.5 Å². The number of hydrogen-bond acceptors (Lipinski definition) is 3. The topological polar surface area (TPSA) is 24.9 Å². The van der Waals surface area contributed by atoms with Gasteiger partial charge in [-0.1, -0.05) is 0 Å². The summed E-state index contributed by atoms with van der Waals surface area (Å²) in [6, 6.07) is 1.87. The Balaban J connectivity index is 2.17. The van der Waals surface area contributed by atoms with Crippen LogP contribution in [0.4, 0.5) is 13.2 Å². The highest BCUT2D eigenvalue weighted by atomic mass is 79.9. The molecule has 1 heterocycles. The van der Waals surface area contributed by atoms with Crippen molar-refractivity contribution in [2.24, 2.45) is 0 Å². The molecule has 16 heavy (non-hydrogen) atoms. The summed E-state index contributed by atoms with van der Waals surface area (Å²) in [4.78, 5) is 3.95. The van der Waals surface area contributed by atoms with Crippen LogP contribution in [0, 0.1) is 0 Å². The van der Waals surface area contributed by atoms with E-state index in [1.807, 2.05) is 6.07 Å². The summed E-state index contributed by atoms with van der Waals surface area (Å²) in [5.74, 6) is 0.0188. The van der Waals surface area contributed by atoms with E-state index in [0.717, 1.165) is 10.0 Å². The van der Waals surface area contributed by atoms with Crippen LogP contribution in [0.5, 0.6) is 0 Å². The van der Waals surface area contributed by atoms with Crippen molar-refractivity contribution in [1.29, 1.82) is 0 Å². The van der Waals surface area contributed by atoms with Crippen LogP contribution in [-0.2, 0) is 6.54 Å². The summed E-state index contributed by atoms with van der Waals surface area (Å²) < 4.78 is 36.2. The number of nitrogens with zero attached hydrogens (tertiary/aromatic N) is 1. The molecule has 0 spiro atoms. The normalized spacial score (nSPS) is 11.8. The number of hydrogen-bond donors (Lipinski definition) is 1. The Kier molecular flexibility index (Phi) is 5.57. The van der Waals surface area contributed by atoms with Gasteiger partial charge in [-0.3, -0.25) is 4.98 Å². The monoisotopic (exact) mass is 314 g/mol. The van der Waals surface area contributed by atoms with Crippen molar-refractivity contribution in [2.45, 2.75) is 12.1 Å². The second kappa shape index (κ2) is 6.46. The lowest BCUT2D eigenvalue weighted by Crippen LogP contribution is -2.18. The van der Waals surface area contributed by atoms with Crippen LogP contribution in [0.15, 0.2) is 22.9 Å². The lowest BCUT2D eigenvalue weighted by atomic mass is 10.3. The molecule has 1 aromatic rings. The van der Waals surface area contributed by atoms with Crippen LogP contribution in [0.3, 0.4) is 0 Å². The van der Waals surface area contributed by atoms with Crippen molar-refractivity contribution in [3.8, 4) is 0 Å². The van der Waals surface area contributed by atoms with Crippen LogP contribution < -0.4 is 5.32 Å². The summed E-state index contributed by atoms with van der Waals surface area (Å²) in [5, 5.41) is 2.92. The molecule has 0 aliphatic heterocycles. The first-order chi connectivity index (χ1) is 7.47. The van der Waals surface area contributed by atoms with E-state index in [1.165, 1.54) is 0 Å². The van der Waals surface area contributed by atoms with Gasteiger partial charge in [0.05, 0.1) is 0 Å².